The van der Waals surface area contributed by atoms with E-state index in [0.717, 1.165) is 11.3 Å². The lowest BCUT2D eigenvalue weighted by molar-refractivity contribution is 0.0949. The normalized spacial score (nSPS) is 10.6. The lowest BCUT2D eigenvalue weighted by Gasteiger charge is -2.10. The van der Waals surface area contributed by atoms with Gasteiger partial charge in [0.05, 0.1) is 0 Å². The second-order valence-corrected chi connectivity index (χ2v) is 6.74. The number of anilines is 2. The summed E-state index contributed by atoms with van der Waals surface area (Å²) in [7, 11) is 0. The molecule has 0 saturated heterocycles. The van der Waals surface area contributed by atoms with E-state index in [0.29, 0.717) is 30.3 Å². The minimum Gasteiger partial charge on any atom is -0.350 e. The third-order valence-electron chi connectivity index (χ3n) is 4.46. The van der Waals surface area contributed by atoms with Crippen LogP contribution in [0.2, 0.25) is 0 Å². The average Bonchev–Trinajstić information content (AvgIpc) is 2.66. The Morgan fingerprint density at radius 1 is 0.964 bits per heavy atom. The highest BCUT2D eigenvalue weighted by molar-refractivity contribution is 5.93. The molecule has 3 aromatic rings. The Bertz CT molecular complexity index is 986. The molecule has 0 aliphatic rings. The molecule has 1 heterocycles. The topological polar surface area (TPSA) is 66.9 Å². The average molecular weight is 378 g/mol. The van der Waals surface area contributed by atoms with Crippen LogP contribution in [0.4, 0.5) is 15.9 Å². The molecule has 0 fully saturated rings. The van der Waals surface area contributed by atoms with E-state index in [2.05, 4.69) is 27.5 Å². The SMILES string of the molecule is Cc1nc(Nc2ccc(C)c(C)c2)cc(C(=O)NCCc2ccc(F)cc2)n1. The Hall–Kier alpha value is -3.28. The molecule has 0 atom stereocenters. The van der Waals surface area contributed by atoms with Crippen LogP contribution in [0.5, 0.6) is 0 Å². The van der Waals surface area contributed by atoms with Crippen LogP contribution < -0.4 is 10.6 Å². The van der Waals surface area contributed by atoms with Crippen LogP contribution in [-0.4, -0.2) is 22.4 Å². The molecule has 1 aromatic heterocycles. The summed E-state index contributed by atoms with van der Waals surface area (Å²) in [6, 6.07) is 13.9. The maximum absolute atomic E-state index is 12.9. The molecule has 0 unspecified atom stereocenters. The summed E-state index contributed by atoms with van der Waals surface area (Å²) in [6.45, 7) is 6.29. The van der Waals surface area contributed by atoms with E-state index in [9.17, 15) is 9.18 Å². The molecular weight excluding hydrogens is 355 g/mol. The minimum absolute atomic E-state index is 0.268. The first kappa shape index (κ1) is 19.5. The molecule has 0 aliphatic carbocycles. The Kier molecular flexibility index (Phi) is 5.99. The number of rotatable bonds is 6. The maximum Gasteiger partial charge on any atom is 0.270 e. The first-order valence-electron chi connectivity index (χ1n) is 9.13. The predicted molar refractivity (Wildman–Crippen MR) is 108 cm³/mol. The van der Waals surface area contributed by atoms with Gasteiger partial charge in [-0.05, 0) is 68.1 Å². The van der Waals surface area contributed by atoms with Gasteiger partial charge < -0.3 is 10.6 Å². The van der Waals surface area contributed by atoms with Crippen molar-refractivity contribution in [2.45, 2.75) is 27.2 Å². The standard InChI is InChI=1S/C22H23FN4O/c1-14-4-9-19(12-15(14)2)27-21-13-20(25-16(3)26-21)22(28)24-11-10-17-5-7-18(23)8-6-17/h4-9,12-13H,10-11H2,1-3H3,(H,24,28)(H,25,26,27). The van der Waals surface area contributed by atoms with Gasteiger partial charge in [-0.15, -0.1) is 0 Å². The van der Waals surface area contributed by atoms with E-state index in [-0.39, 0.29) is 11.7 Å². The molecule has 0 saturated carbocycles. The van der Waals surface area contributed by atoms with E-state index in [1.165, 1.54) is 23.3 Å². The molecule has 1 amide bonds. The molecule has 0 spiro atoms. The monoisotopic (exact) mass is 378 g/mol. The zero-order chi connectivity index (χ0) is 20.1. The van der Waals surface area contributed by atoms with Crippen molar-refractivity contribution in [3.63, 3.8) is 0 Å². The largest absolute Gasteiger partial charge is 0.350 e. The van der Waals surface area contributed by atoms with Gasteiger partial charge in [0.1, 0.15) is 23.2 Å². The van der Waals surface area contributed by atoms with Gasteiger partial charge in [0, 0.05) is 18.3 Å². The van der Waals surface area contributed by atoms with Crippen molar-refractivity contribution in [2.24, 2.45) is 0 Å². The summed E-state index contributed by atoms with van der Waals surface area (Å²) in [5.41, 5.74) is 4.56. The van der Waals surface area contributed by atoms with Crippen LogP contribution in [0.15, 0.2) is 48.5 Å². The highest BCUT2D eigenvalue weighted by atomic mass is 19.1. The van der Waals surface area contributed by atoms with Gasteiger partial charge in [0.15, 0.2) is 0 Å². The summed E-state index contributed by atoms with van der Waals surface area (Å²) in [4.78, 5) is 21.0. The van der Waals surface area contributed by atoms with Gasteiger partial charge in [-0.25, -0.2) is 14.4 Å². The first-order valence-corrected chi connectivity index (χ1v) is 9.13. The molecule has 6 heteroatoms. The Balaban J connectivity index is 1.65. The highest BCUT2D eigenvalue weighted by Crippen LogP contribution is 2.19. The molecule has 144 valence electrons. The van der Waals surface area contributed by atoms with Gasteiger partial charge in [0.2, 0.25) is 0 Å². The van der Waals surface area contributed by atoms with Crippen LogP contribution in [0, 0.1) is 26.6 Å². The molecule has 5 nitrogen and oxygen atoms in total. The fourth-order valence-corrected chi connectivity index (χ4v) is 2.78. The van der Waals surface area contributed by atoms with Crippen molar-refractivity contribution in [3.05, 3.63) is 82.6 Å². The van der Waals surface area contributed by atoms with Crippen LogP contribution in [0.25, 0.3) is 0 Å². The van der Waals surface area contributed by atoms with Gasteiger partial charge >= 0.3 is 0 Å². The number of carbonyl (C=O) groups excluding carboxylic acids is 1. The van der Waals surface area contributed by atoms with Gasteiger partial charge in [-0.3, -0.25) is 4.79 Å². The maximum atomic E-state index is 12.9. The lowest BCUT2D eigenvalue weighted by Crippen LogP contribution is -2.27. The quantitative estimate of drug-likeness (QED) is 0.673. The third kappa shape index (κ3) is 5.13. The van der Waals surface area contributed by atoms with E-state index in [4.69, 9.17) is 0 Å². The summed E-state index contributed by atoms with van der Waals surface area (Å²) in [5.74, 6) is 0.542. The van der Waals surface area contributed by atoms with E-state index in [1.807, 2.05) is 25.1 Å². The molecular formula is C22H23FN4O. The van der Waals surface area contributed by atoms with Crippen LogP contribution >= 0.6 is 0 Å². The zero-order valence-electron chi connectivity index (χ0n) is 16.2. The Morgan fingerprint density at radius 3 is 2.43 bits per heavy atom. The molecule has 28 heavy (non-hydrogen) atoms. The van der Waals surface area contributed by atoms with Crippen LogP contribution in [0.3, 0.4) is 0 Å². The van der Waals surface area contributed by atoms with Gasteiger partial charge in [0.25, 0.3) is 5.91 Å². The molecule has 3 rings (SSSR count). The summed E-state index contributed by atoms with van der Waals surface area (Å²) in [5, 5.41) is 6.07. The number of halogens is 1. The van der Waals surface area contributed by atoms with E-state index in [1.54, 1.807) is 25.1 Å². The number of hydrogen-bond acceptors (Lipinski definition) is 4. The number of amides is 1. The minimum atomic E-state index is -0.270. The van der Waals surface area contributed by atoms with Crippen LogP contribution in [-0.2, 0) is 6.42 Å². The first-order chi connectivity index (χ1) is 13.4. The zero-order valence-corrected chi connectivity index (χ0v) is 16.2. The van der Waals surface area contributed by atoms with Crippen molar-refractivity contribution < 1.29 is 9.18 Å². The van der Waals surface area contributed by atoms with Crippen molar-refractivity contribution in [3.8, 4) is 0 Å². The number of benzene rings is 2. The fourth-order valence-electron chi connectivity index (χ4n) is 2.78. The van der Waals surface area contributed by atoms with Gasteiger partial charge in [-0.1, -0.05) is 18.2 Å². The number of nitrogens with one attached hydrogen (secondary N) is 2. The summed E-state index contributed by atoms with van der Waals surface area (Å²) < 4.78 is 12.9. The lowest BCUT2D eigenvalue weighted by atomic mass is 10.1. The van der Waals surface area contributed by atoms with E-state index >= 15 is 0 Å². The second kappa shape index (κ2) is 8.61. The van der Waals surface area contributed by atoms with E-state index < -0.39 is 0 Å². The highest BCUT2D eigenvalue weighted by Gasteiger charge is 2.11. The third-order valence-corrected chi connectivity index (χ3v) is 4.46. The fraction of sp³-hybridized carbons (Fsp3) is 0.227. The summed E-state index contributed by atoms with van der Waals surface area (Å²) in [6.07, 6.45) is 0.615. The van der Waals surface area contributed by atoms with Crippen molar-refractivity contribution in [2.75, 3.05) is 11.9 Å². The van der Waals surface area contributed by atoms with Crippen molar-refractivity contribution in [1.29, 1.82) is 0 Å². The van der Waals surface area contributed by atoms with Gasteiger partial charge in [-0.2, -0.15) is 0 Å². The smallest absolute Gasteiger partial charge is 0.270 e. The molecule has 0 bridgehead atoms. The molecule has 2 aromatic carbocycles. The molecule has 2 N–H and O–H groups in total. The number of carbonyl (C=O) groups is 1. The number of hydrogen-bond donors (Lipinski definition) is 2. The Labute approximate surface area is 164 Å². The van der Waals surface area contributed by atoms with Crippen LogP contribution in [0.1, 0.15) is 33.0 Å². The number of aryl methyl sites for hydroxylation is 3. The Morgan fingerprint density at radius 2 is 1.71 bits per heavy atom. The number of aromatic nitrogens is 2. The molecule has 0 aliphatic heterocycles. The summed E-state index contributed by atoms with van der Waals surface area (Å²) >= 11 is 0. The molecule has 0 radical (unpaired) electrons. The van der Waals surface area contributed by atoms with Crippen molar-refractivity contribution >= 4 is 17.4 Å². The predicted octanol–water partition coefficient (Wildman–Crippen LogP) is 4.26. The second-order valence-electron chi connectivity index (χ2n) is 6.74. The number of nitrogens with zero attached hydrogens (tertiary/aromatic N) is 2. The van der Waals surface area contributed by atoms with Crippen molar-refractivity contribution in [1.82, 2.24) is 15.3 Å².